The van der Waals surface area contributed by atoms with E-state index in [0.29, 0.717) is 11.5 Å². The van der Waals surface area contributed by atoms with Crippen LogP contribution in [0.2, 0.25) is 0 Å². The fourth-order valence-electron chi connectivity index (χ4n) is 5.86. The van der Waals surface area contributed by atoms with Crippen LogP contribution in [-0.4, -0.2) is 58.8 Å². The Bertz CT molecular complexity index is 602. The van der Waals surface area contributed by atoms with E-state index in [1.165, 1.54) is 176 Å². The third-order valence-electron chi connectivity index (χ3n) is 8.99. The highest BCUT2D eigenvalue weighted by molar-refractivity contribution is 8.76. The third-order valence-corrected chi connectivity index (χ3v) is 11.4. The van der Waals surface area contributed by atoms with E-state index in [1.807, 2.05) is 0 Å². The van der Waals surface area contributed by atoms with Crippen molar-refractivity contribution in [2.75, 3.05) is 24.6 Å². The molecule has 6 nitrogen and oxygen atoms in total. The number of carbonyl (C=O) groups is 2. The first-order valence-corrected chi connectivity index (χ1v) is 22.2. The van der Waals surface area contributed by atoms with Crippen molar-refractivity contribution in [2.24, 2.45) is 0 Å². The molecule has 0 aliphatic heterocycles. The lowest BCUT2D eigenvalue weighted by Gasteiger charge is -2.16. The smallest absolute Gasteiger partial charge is 0.321 e. The molecule has 274 valence electrons. The van der Waals surface area contributed by atoms with Crippen LogP contribution in [0.4, 0.5) is 0 Å². The molecular weight excluding hydrogens is 613 g/mol. The minimum absolute atomic E-state index is 0.434. The first-order valence-electron chi connectivity index (χ1n) is 19.7. The zero-order valence-electron chi connectivity index (χ0n) is 30.3. The summed E-state index contributed by atoms with van der Waals surface area (Å²) >= 11 is 0. The summed E-state index contributed by atoms with van der Waals surface area (Å²) in [5.41, 5.74) is 0. The molecule has 2 atom stereocenters. The second-order valence-corrected chi connectivity index (χ2v) is 16.0. The standard InChI is InChI=1S/C38H76N2O4S2/c1-3-5-7-9-11-13-15-17-19-21-23-25-27-29-31-39-35(37(41)42)33-45-46-34-36(38(43)44)40-32-30-28-26-24-22-20-18-16-14-12-10-8-6-4-2/h35-36,39-40H,3-34H2,1-2H3,(H,41,42)(H,43,44). The molecule has 0 bridgehead atoms. The van der Waals surface area contributed by atoms with Gasteiger partial charge in [0.15, 0.2) is 0 Å². The van der Waals surface area contributed by atoms with Gasteiger partial charge in [-0.15, -0.1) is 0 Å². The molecule has 0 aromatic rings. The summed E-state index contributed by atoms with van der Waals surface area (Å²) in [5.74, 6) is -0.790. The van der Waals surface area contributed by atoms with Crippen LogP contribution in [0.1, 0.15) is 194 Å². The van der Waals surface area contributed by atoms with Crippen LogP contribution >= 0.6 is 21.6 Å². The molecule has 0 aromatic carbocycles. The number of aliphatic carboxylic acids is 2. The van der Waals surface area contributed by atoms with Gasteiger partial charge in [-0.3, -0.25) is 9.59 Å². The Balaban J connectivity index is 3.69. The van der Waals surface area contributed by atoms with Crippen molar-refractivity contribution in [3.8, 4) is 0 Å². The van der Waals surface area contributed by atoms with Crippen LogP contribution < -0.4 is 10.6 Å². The number of unbranched alkanes of at least 4 members (excludes halogenated alkanes) is 26. The van der Waals surface area contributed by atoms with Gasteiger partial charge in [0.25, 0.3) is 0 Å². The lowest BCUT2D eigenvalue weighted by molar-refractivity contribution is -0.139. The zero-order chi connectivity index (χ0) is 33.8. The molecule has 0 rings (SSSR count). The Morgan fingerprint density at radius 1 is 0.413 bits per heavy atom. The molecule has 0 aliphatic carbocycles. The fraction of sp³-hybridized carbons (Fsp3) is 0.947. The summed E-state index contributed by atoms with van der Waals surface area (Å²) in [6.45, 7) is 5.98. The van der Waals surface area contributed by atoms with Crippen molar-refractivity contribution < 1.29 is 19.8 Å². The Kier molecular flexibility index (Phi) is 37.0. The summed E-state index contributed by atoms with van der Waals surface area (Å²) in [6.07, 6.45) is 36.8. The average molecular weight is 689 g/mol. The largest absolute Gasteiger partial charge is 0.480 e. The number of hydrogen-bond donors (Lipinski definition) is 4. The van der Waals surface area contributed by atoms with Crippen LogP contribution in [0.5, 0.6) is 0 Å². The summed E-state index contributed by atoms with van der Waals surface area (Å²) in [7, 11) is 2.91. The van der Waals surface area contributed by atoms with Crippen LogP contribution in [0, 0.1) is 0 Å². The Hall–Kier alpha value is -0.440. The molecule has 0 heterocycles. The molecule has 0 aromatic heterocycles. The second-order valence-electron chi connectivity index (χ2n) is 13.5. The minimum atomic E-state index is -0.829. The first-order chi connectivity index (χ1) is 22.5. The van der Waals surface area contributed by atoms with E-state index >= 15 is 0 Å². The lowest BCUT2D eigenvalue weighted by Crippen LogP contribution is -2.40. The van der Waals surface area contributed by atoms with Gasteiger partial charge in [0.2, 0.25) is 0 Å². The van der Waals surface area contributed by atoms with Crippen LogP contribution in [0.3, 0.4) is 0 Å². The first kappa shape index (κ1) is 45.6. The monoisotopic (exact) mass is 689 g/mol. The van der Waals surface area contributed by atoms with E-state index in [0.717, 1.165) is 38.8 Å². The van der Waals surface area contributed by atoms with Crippen LogP contribution in [-0.2, 0) is 9.59 Å². The average Bonchev–Trinajstić information content (AvgIpc) is 3.04. The fourth-order valence-corrected chi connectivity index (χ4v) is 8.24. The number of nitrogens with one attached hydrogen (secondary N) is 2. The molecule has 2 unspecified atom stereocenters. The SMILES string of the molecule is CCCCCCCCCCCCCCCCNC(CSSCC(NCCCCCCCCCCCCCCCC)C(=O)O)C(=O)O. The van der Waals surface area contributed by atoms with E-state index in [1.54, 1.807) is 0 Å². The third kappa shape index (κ3) is 33.5. The van der Waals surface area contributed by atoms with Crippen molar-refractivity contribution >= 4 is 33.5 Å². The zero-order valence-corrected chi connectivity index (χ0v) is 31.9. The number of carboxylic acid groups (broad SMARTS) is 2. The normalized spacial score (nSPS) is 12.8. The van der Waals surface area contributed by atoms with E-state index in [-0.39, 0.29) is 0 Å². The van der Waals surface area contributed by atoms with Gasteiger partial charge in [0.05, 0.1) is 0 Å². The van der Waals surface area contributed by atoms with Crippen molar-refractivity contribution in [3.63, 3.8) is 0 Å². The topological polar surface area (TPSA) is 98.7 Å². The van der Waals surface area contributed by atoms with Gasteiger partial charge in [0, 0.05) is 11.5 Å². The van der Waals surface area contributed by atoms with Gasteiger partial charge < -0.3 is 20.8 Å². The lowest BCUT2D eigenvalue weighted by atomic mass is 10.0. The maximum absolute atomic E-state index is 11.7. The Morgan fingerprint density at radius 2 is 0.630 bits per heavy atom. The van der Waals surface area contributed by atoms with Crippen molar-refractivity contribution in [2.45, 2.75) is 206 Å². The van der Waals surface area contributed by atoms with Gasteiger partial charge in [-0.25, -0.2) is 0 Å². The molecule has 0 saturated heterocycles. The van der Waals surface area contributed by atoms with Crippen LogP contribution in [0.15, 0.2) is 0 Å². The molecule has 0 radical (unpaired) electrons. The molecule has 0 saturated carbocycles. The van der Waals surface area contributed by atoms with Crippen molar-refractivity contribution in [1.29, 1.82) is 0 Å². The number of rotatable bonds is 39. The highest BCUT2D eigenvalue weighted by Crippen LogP contribution is 2.23. The molecule has 46 heavy (non-hydrogen) atoms. The van der Waals surface area contributed by atoms with Gasteiger partial charge in [0.1, 0.15) is 12.1 Å². The maximum atomic E-state index is 11.7. The molecule has 0 fully saturated rings. The van der Waals surface area contributed by atoms with Gasteiger partial charge >= 0.3 is 11.9 Å². The van der Waals surface area contributed by atoms with Gasteiger partial charge in [-0.2, -0.15) is 0 Å². The van der Waals surface area contributed by atoms with Gasteiger partial charge in [-0.1, -0.05) is 202 Å². The van der Waals surface area contributed by atoms with Crippen molar-refractivity contribution in [3.05, 3.63) is 0 Å². The quantitative estimate of drug-likeness (QED) is 0.0374. The predicted molar refractivity (Wildman–Crippen MR) is 204 cm³/mol. The summed E-state index contributed by atoms with van der Waals surface area (Å²) in [6, 6.07) is -1.18. The second kappa shape index (κ2) is 37.4. The van der Waals surface area contributed by atoms with Gasteiger partial charge in [-0.05, 0) is 25.9 Å². The minimum Gasteiger partial charge on any atom is -0.480 e. The number of carboxylic acids is 2. The van der Waals surface area contributed by atoms with E-state index in [9.17, 15) is 19.8 Å². The predicted octanol–water partition coefficient (Wildman–Crippen LogP) is 11.4. The van der Waals surface area contributed by atoms with Crippen LogP contribution in [0.25, 0.3) is 0 Å². The molecule has 8 heteroatoms. The van der Waals surface area contributed by atoms with E-state index < -0.39 is 24.0 Å². The van der Waals surface area contributed by atoms with Crippen molar-refractivity contribution in [1.82, 2.24) is 10.6 Å². The highest BCUT2D eigenvalue weighted by Gasteiger charge is 2.19. The van der Waals surface area contributed by atoms with E-state index in [4.69, 9.17) is 0 Å². The molecule has 0 spiro atoms. The Labute approximate surface area is 293 Å². The summed E-state index contributed by atoms with van der Waals surface area (Å²) in [5, 5.41) is 25.6. The Morgan fingerprint density at radius 3 is 0.848 bits per heavy atom. The highest BCUT2D eigenvalue weighted by atomic mass is 33.1. The summed E-state index contributed by atoms with van der Waals surface area (Å²) < 4.78 is 0. The number of hydrogen-bond acceptors (Lipinski definition) is 6. The maximum Gasteiger partial charge on any atom is 0.321 e. The summed E-state index contributed by atoms with van der Waals surface area (Å²) in [4.78, 5) is 23.4. The van der Waals surface area contributed by atoms with E-state index in [2.05, 4.69) is 24.5 Å². The molecular formula is C38H76N2O4S2. The molecule has 0 amide bonds. The molecule has 0 aliphatic rings. The molecule has 4 N–H and O–H groups in total.